The molecule has 0 saturated carbocycles. The molecule has 0 amide bonds. The van der Waals surface area contributed by atoms with E-state index in [2.05, 4.69) is 74.0 Å². The molecule has 142 valence electrons. The van der Waals surface area contributed by atoms with Crippen LogP contribution >= 0.6 is 0 Å². The summed E-state index contributed by atoms with van der Waals surface area (Å²) in [5, 5.41) is 4.80. The molecule has 0 aliphatic carbocycles. The van der Waals surface area contributed by atoms with Crippen molar-refractivity contribution in [2.24, 2.45) is 0 Å². The van der Waals surface area contributed by atoms with Gasteiger partial charge in [-0.05, 0) is 42.0 Å². The lowest BCUT2D eigenvalue weighted by molar-refractivity contribution is 0.612. The normalized spacial score (nSPS) is 11.1. The zero-order chi connectivity index (χ0) is 19.1. The number of rotatable bonds is 9. The first-order valence-corrected chi connectivity index (χ1v) is 10.3. The minimum absolute atomic E-state index is 0.798. The SMILES string of the molecule is CCCCc1nc(CCCC)n(Cc2ccc(-c3ccccc3C)cc2)n1. The van der Waals surface area contributed by atoms with Crippen molar-refractivity contribution >= 4 is 0 Å². The lowest BCUT2D eigenvalue weighted by atomic mass is 10.00. The maximum absolute atomic E-state index is 4.81. The number of aromatic nitrogens is 3. The van der Waals surface area contributed by atoms with E-state index in [0.29, 0.717) is 0 Å². The second-order valence-corrected chi connectivity index (χ2v) is 7.32. The highest BCUT2D eigenvalue weighted by Gasteiger charge is 2.10. The van der Waals surface area contributed by atoms with Gasteiger partial charge in [-0.1, -0.05) is 75.2 Å². The third kappa shape index (κ3) is 5.06. The third-order valence-corrected chi connectivity index (χ3v) is 5.04. The van der Waals surface area contributed by atoms with E-state index in [4.69, 9.17) is 10.1 Å². The summed E-state index contributed by atoms with van der Waals surface area (Å²) in [4.78, 5) is 4.81. The number of aryl methyl sites for hydroxylation is 3. The first-order chi connectivity index (χ1) is 13.2. The zero-order valence-corrected chi connectivity index (χ0v) is 16.9. The van der Waals surface area contributed by atoms with Crippen LogP contribution < -0.4 is 0 Å². The molecule has 0 aliphatic heterocycles. The van der Waals surface area contributed by atoms with Gasteiger partial charge in [0, 0.05) is 12.8 Å². The van der Waals surface area contributed by atoms with E-state index in [9.17, 15) is 0 Å². The summed E-state index contributed by atoms with van der Waals surface area (Å²) in [5.41, 5.74) is 5.15. The highest BCUT2D eigenvalue weighted by atomic mass is 15.3. The van der Waals surface area contributed by atoms with Crippen molar-refractivity contribution < 1.29 is 0 Å². The van der Waals surface area contributed by atoms with Crippen molar-refractivity contribution in [3.8, 4) is 11.1 Å². The van der Waals surface area contributed by atoms with Crippen molar-refractivity contribution in [3.05, 3.63) is 71.3 Å². The summed E-state index contributed by atoms with van der Waals surface area (Å²) in [6.07, 6.45) is 6.67. The molecular formula is C24H31N3. The molecule has 3 heteroatoms. The van der Waals surface area contributed by atoms with E-state index in [1.54, 1.807) is 0 Å². The molecule has 3 nitrogen and oxygen atoms in total. The molecule has 0 spiro atoms. The summed E-state index contributed by atoms with van der Waals surface area (Å²) in [7, 11) is 0. The fourth-order valence-electron chi connectivity index (χ4n) is 3.37. The van der Waals surface area contributed by atoms with Gasteiger partial charge in [0.05, 0.1) is 6.54 Å². The molecule has 2 aromatic carbocycles. The number of hydrogen-bond acceptors (Lipinski definition) is 2. The highest BCUT2D eigenvalue weighted by Crippen LogP contribution is 2.23. The molecule has 0 saturated heterocycles. The molecule has 0 atom stereocenters. The van der Waals surface area contributed by atoms with Gasteiger partial charge in [-0.3, -0.25) is 0 Å². The van der Waals surface area contributed by atoms with Crippen molar-refractivity contribution in [1.82, 2.24) is 14.8 Å². The monoisotopic (exact) mass is 361 g/mol. The van der Waals surface area contributed by atoms with Gasteiger partial charge in [0.1, 0.15) is 5.82 Å². The summed E-state index contributed by atoms with van der Waals surface area (Å²) >= 11 is 0. The van der Waals surface area contributed by atoms with Gasteiger partial charge in [-0.25, -0.2) is 9.67 Å². The molecule has 0 aliphatic rings. The Morgan fingerprint density at radius 3 is 2.26 bits per heavy atom. The van der Waals surface area contributed by atoms with Crippen LogP contribution in [0.4, 0.5) is 0 Å². The van der Waals surface area contributed by atoms with E-state index in [-0.39, 0.29) is 0 Å². The molecular weight excluding hydrogens is 330 g/mol. The highest BCUT2D eigenvalue weighted by molar-refractivity contribution is 5.67. The van der Waals surface area contributed by atoms with E-state index < -0.39 is 0 Å². The average Bonchev–Trinajstić information content (AvgIpc) is 3.07. The lowest BCUT2D eigenvalue weighted by Gasteiger charge is -2.09. The van der Waals surface area contributed by atoms with Crippen molar-refractivity contribution in [2.75, 3.05) is 0 Å². The van der Waals surface area contributed by atoms with E-state index in [0.717, 1.165) is 43.9 Å². The molecule has 0 fully saturated rings. The Morgan fingerprint density at radius 1 is 0.852 bits per heavy atom. The van der Waals surface area contributed by atoms with Crippen LogP contribution in [0.15, 0.2) is 48.5 Å². The number of unbranched alkanes of at least 4 members (excludes halogenated alkanes) is 2. The van der Waals surface area contributed by atoms with Crippen LogP contribution in [0, 0.1) is 6.92 Å². The molecule has 1 heterocycles. The largest absolute Gasteiger partial charge is 0.245 e. The molecule has 1 aromatic heterocycles. The molecule has 3 aromatic rings. The summed E-state index contributed by atoms with van der Waals surface area (Å²) < 4.78 is 2.11. The predicted octanol–water partition coefficient (Wildman–Crippen LogP) is 5.99. The first kappa shape index (κ1) is 19.3. The van der Waals surface area contributed by atoms with Crippen molar-refractivity contribution in [3.63, 3.8) is 0 Å². The van der Waals surface area contributed by atoms with Gasteiger partial charge >= 0.3 is 0 Å². The number of hydrogen-bond donors (Lipinski definition) is 0. The summed E-state index contributed by atoms with van der Waals surface area (Å²) in [6.45, 7) is 7.40. The average molecular weight is 362 g/mol. The molecule has 0 N–H and O–H groups in total. The Kier molecular flexibility index (Phi) is 6.80. The number of nitrogens with zero attached hydrogens (tertiary/aromatic N) is 3. The standard InChI is InChI=1S/C24H31N3/c1-4-6-12-23-25-24(13-7-5-2)27(26-23)18-20-14-16-21(17-15-20)22-11-9-8-10-19(22)3/h8-11,14-17H,4-7,12-13,18H2,1-3H3. The van der Waals surface area contributed by atoms with Crippen LogP contribution in [0.3, 0.4) is 0 Å². The van der Waals surface area contributed by atoms with Crippen LogP contribution in [0.5, 0.6) is 0 Å². The topological polar surface area (TPSA) is 30.7 Å². The quantitative estimate of drug-likeness (QED) is 0.469. The minimum Gasteiger partial charge on any atom is -0.245 e. The van der Waals surface area contributed by atoms with Gasteiger partial charge < -0.3 is 0 Å². The predicted molar refractivity (Wildman–Crippen MR) is 113 cm³/mol. The Hall–Kier alpha value is -2.42. The van der Waals surface area contributed by atoms with Crippen LogP contribution in [0.2, 0.25) is 0 Å². The smallest absolute Gasteiger partial charge is 0.150 e. The Bertz CT molecular complexity index is 846. The Labute approximate surface area is 163 Å². The van der Waals surface area contributed by atoms with Crippen LogP contribution in [-0.4, -0.2) is 14.8 Å². The molecule has 0 bridgehead atoms. The fourth-order valence-corrected chi connectivity index (χ4v) is 3.37. The second-order valence-electron chi connectivity index (χ2n) is 7.32. The van der Waals surface area contributed by atoms with Gasteiger partial charge in [0.25, 0.3) is 0 Å². The molecule has 3 rings (SSSR count). The molecule has 27 heavy (non-hydrogen) atoms. The molecule has 0 unspecified atom stereocenters. The summed E-state index contributed by atoms with van der Waals surface area (Å²) in [5.74, 6) is 2.13. The van der Waals surface area contributed by atoms with Gasteiger partial charge in [0.2, 0.25) is 0 Å². The lowest BCUT2D eigenvalue weighted by Crippen LogP contribution is -2.07. The van der Waals surface area contributed by atoms with Crippen LogP contribution in [-0.2, 0) is 19.4 Å². The number of benzene rings is 2. The Morgan fingerprint density at radius 2 is 1.56 bits per heavy atom. The van der Waals surface area contributed by atoms with Crippen molar-refractivity contribution in [1.29, 1.82) is 0 Å². The van der Waals surface area contributed by atoms with E-state index >= 15 is 0 Å². The second kappa shape index (κ2) is 9.50. The van der Waals surface area contributed by atoms with Crippen LogP contribution in [0.1, 0.15) is 62.3 Å². The minimum atomic E-state index is 0.798. The van der Waals surface area contributed by atoms with E-state index in [1.165, 1.54) is 35.1 Å². The van der Waals surface area contributed by atoms with Crippen molar-refractivity contribution in [2.45, 2.75) is 65.8 Å². The van der Waals surface area contributed by atoms with Crippen LogP contribution in [0.25, 0.3) is 11.1 Å². The van der Waals surface area contributed by atoms with E-state index in [1.807, 2.05) is 0 Å². The maximum Gasteiger partial charge on any atom is 0.150 e. The Balaban J connectivity index is 1.77. The first-order valence-electron chi connectivity index (χ1n) is 10.3. The fraction of sp³-hybridized carbons (Fsp3) is 0.417. The van der Waals surface area contributed by atoms with Gasteiger partial charge in [0.15, 0.2) is 5.82 Å². The third-order valence-electron chi connectivity index (χ3n) is 5.04. The zero-order valence-electron chi connectivity index (χ0n) is 16.9. The molecule has 0 radical (unpaired) electrons. The van der Waals surface area contributed by atoms with Gasteiger partial charge in [-0.15, -0.1) is 0 Å². The van der Waals surface area contributed by atoms with Gasteiger partial charge in [-0.2, -0.15) is 5.10 Å². The summed E-state index contributed by atoms with van der Waals surface area (Å²) in [6, 6.07) is 17.4. The maximum atomic E-state index is 4.81.